The van der Waals surface area contributed by atoms with Crippen LogP contribution in [-0.2, 0) is 0 Å². The van der Waals surface area contributed by atoms with Gasteiger partial charge in [-0.2, -0.15) is 0 Å². The van der Waals surface area contributed by atoms with Gasteiger partial charge in [0.15, 0.2) is 0 Å². The first-order chi connectivity index (χ1) is 27.5. The predicted molar refractivity (Wildman–Crippen MR) is 227 cm³/mol. The van der Waals surface area contributed by atoms with Crippen molar-refractivity contribution in [2.75, 3.05) is 28.4 Å². The summed E-state index contributed by atoms with van der Waals surface area (Å²) < 4.78 is 22.1. The van der Waals surface area contributed by atoms with Crippen LogP contribution in [0.4, 0.5) is 0 Å². The van der Waals surface area contributed by atoms with Crippen LogP contribution in [0.2, 0.25) is 0 Å². The van der Waals surface area contributed by atoms with Gasteiger partial charge in [-0.05, 0) is 119 Å². The molecule has 0 atom stereocenters. The zero-order chi connectivity index (χ0) is 38.2. The first kappa shape index (κ1) is 38.1. The van der Waals surface area contributed by atoms with Crippen LogP contribution >= 0.6 is 0 Å². The van der Waals surface area contributed by atoms with Gasteiger partial charge in [-0.25, -0.2) is 9.97 Å². The van der Waals surface area contributed by atoms with Gasteiger partial charge in [0.05, 0.1) is 51.2 Å². The largest absolute Gasteiger partial charge is 3.00 e. The van der Waals surface area contributed by atoms with Crippen molar-refractivity contribution in [3.05, 3.63) is 144 Å². The van der Waals surface area contributed by atoms with Crippen LogP contribution in [0, 0.1) is 46.9 Å². The van der Waals surface area contributed by atoms with E-state index >= 15 is 0 Å². The molecular weight excluding hydrogens is 870 g/mol. The summed E-state index contributed by atoms with van der Waals surface area (Å²) in [5.74, 6) is 3.12. The molecule has 285 valence electrons. The molecule has 1 radical (unpaired) electrons. The molecule has 0 fully saturated rings. The number of nitrogens with zero attached hydrogens (tertiary/aromatic N) is 2. The number of nitrogens with one attached hydrogen (secondary N) is 2. The van der Waals surface area contributed by atoms with E-state index in [1.807, 2.05) is 48.5 Å². The maximum Gasteiger partial charge on any atom is 3.00 e. The standard InChI is InChI=1S/C48H38N4O4.Yb/c1-53-33-13-5-29(6-14-33)45-37-21-23-39(49-37)46(30-7-15-34(54-2)16-8-30)41-25-27-43(51-41)48(32-11-19-36(56-4)20-12-32)44-28-26-42(52-44)47(40-24-22-38(45)50-40)31-9-17-35(55-3)18-10-31;/h5-28,49,52H,1-4H3;/q;+3. The molecule has 4 aromatic carbocycles. The van der Waals surface area contributed by atoms with Gasteiger partial charge in [-0.15, -0.1) is 0 Å². The van der Waals surface area contributed by atoms with E-state index < -0.39 is 0 Å². The number of fused-ring (bicyclic) bond motifs is 8. The average molecular weight is 908 g/mol. The molecule has 9 rings (SSSR count). The van der Waals surface area contributed by atoms with E-state index in [0.717, 1.165) is 112 Å². The van der Waals surface area contributed by atoms with Crippen molar-refractivity contribution >= 4 is 46.4 Å². The van der Waals surface area contributed by atoms with E-state index in [-0.39, 0.29) is 46.9 Å². The summed E-state index contributed by atoms with van der Waals surface area (Å²) >= 11 is 0. The SMILES string of the molecule is COc1ccc(-c2c3nc(c(-c4ccc(OC)cc4)c4ccc([nH]4)c(-c4ccc(OC)cc4)c4nc(c(-c5ccc(OC)cc5)c5ccc2[nH]5)C=C4)C=C3)cc1.[Yb+3]. The number of methoxy groups -OCH3 is 4. The van der Waals surface area contributed by atoms with Crippen molar-refractivity contribution in [1.29, 1.82) is 0 Å². The van der Waals surface area contributed by atoms with Gasteiger partial charge < -0.3 is 28.9 Å². The summed E-state index contributed by atoms with van der Waals surface area (Å²) in [7, 11) is 6.71. The second-order valence-corrected chi connectivity index (χ2v) is 13.4. The molecule has 2 N–H and O–H groups in total. The van der Waals surface area contributed by atoms with Gasteiger partial charge in [0.2, 0.25) is 0 Å². The van der Waals surface area contributed by atoms with Crippen molar-refractivity contribution < 1.29 is 65.9 Å². The zero-order valence-electron chi connectivity index (χ0n) is 31.7. The second kappa shape index (κ2) is 16.4. The van der Waals surface area contributed by atoms with Crippen LogP contribution in [0.15, 0.2) is 121 Å². The normalized spacial score (nSPS) is 11.6. The Balaban J connectivity index is 0.00000455. The van der Waals surface area contributed by atoms with Gasteiger partial charge in [-0.1, -0.05) is 48.5 Å². The van der Waals surface area contributed by atoms with Crippen molar-refractivity contribution in [2.45, 2.75) is 0 Å². The maximum absolute atomic E-state index is 5.53. The maximum atomic E-state index is 5.53. The van der Waals surface area contributed by atoms with E-state index in [2.05, 4.69) is 107 Å². The van der Waals surface area contributed by atoms with Crippen molar-refractivity contribution in [1.82, 2.24) is 19.9 Å². The molecular formula is C48H38N4O4Yb+3. The molecule has 0 aliphatic carbocycles. The van der Waals surface area contributed by atoms with Crippen molar-refractivity contribution in [2.24, 2.45) is 0 Å². The Morgan fingerprint density at radius 1 is 0.316 bits per heavy atom. The predicted octanol–water partition coefficient (Wildman–Crippen LogP) is 11.4. The molecule has 0 unspecified atom stereocenters. The van der Waals surface area contributed by atoms with Crippen molar-refractivity contribution in [3.63, 3.8) is 0 Å². The van der Waals surface area contributed by atoms with Gasteiger partial charge in [-0.3, -0.25) is 0 Å². The van der Waals surface area contributed by atoms with Gasteiger partial charge in [0, 0.05) is 44.3 Å². The average Bonchev–Trinajstić information content (AvgIpc) is 4.10. The first-order valence-corrected chi connectivity index (χ1v) is 18.3. The topological polar surface area (TPSA) is 94.3 Å². The molecule has 8 nitrogen and oxygen atoms in total. The Morgan fingerprint density at radius 2 is 0.526 bits per heavy atom. The van der Waals surface area contributed by atoms with Crippen LogP contribution in [0.25, 0.3) is 90.9 Å². The summed E-state index contributed by atoms with van der Waals surface area (Å²) in [4.78, 5) is 18.4. The molecule has 8 bridgehead atoms. The first-order valence-electron chi connectivity index (χ1n) is 18.3. The quantitative estimate of drug-likeness (QED) is 0.158. The fraction of sp³-hybridized carbons (Fsp3) is 0.0833. The van der Waals surface area contributed by atoms with E-state index in [4.69, 9.17) is 28.9 Å². The van der Waals surface area contributed by atoms with Gasteiger partial charge in [0.1, 0.15) is 23.0 Å². The van der Waals surface area contributed by atoms with Crippen LogP contribution in [0.5, 0.6) is 23.0 Å². The molecule has 9 heteroatoms. The van der Waals surface area contributed by atoms with E-state index in [9.17, 15) is 0 Å². The Labute approximate surface area is 369 Å². The minimum atomic E-state index is 0. The monoisotopic (exact) mass is 908 g/mol. The number of rotatable bonds is 8. The Kier molecular flexibility index (Phi) is 10.9. The van der Waals surface area contributed by atoms with Gasteiger partial charge >= 0.3 is 46.9 Å². The number of hydrogen-bond acceptors (Lipinski definition) is 6. The number of H-pyrrole nitrogens is 2. The van der Waals surface area contributed by atoms with Crippen LogP contribution in [-0.4, -0.2) is 48.4 Å². The third kappa shape index (κ3) is 7.32. The van der Waals surface area contributed by atoms with E-state index in [0.29, 0.717) is 0 Å². The molecule has 0 spiro atoms. The summed E-state index contributed by atoms with van der Waals surface area (Å²) in [6.45, 7) is 0. The Morgan fingerprint density at radius 3 is 0.719 bits per heavy atom. The smallest absolute Gasteiger partial charge is 0.497 e. The van der Waals surface area contributed by atoms with Crippen LogP contribution in [0.1, 0.15) is 22.8 Å². The third-order valence-corrected chi connectivity index (χ3v) is 10.3. The minimum Gasteiger partial charge on any atom is -0.497 e. The van der Waals surface area contributed by atoms with Gasteiger partial charge in [0.25, 0.3) is 0 Å². The summed E-state index contributed by atoms with van der Waals surface area (Å²) in [5, 5.41) is 0. The molecule has 0 saturated heterocycles. The second-order valence-electron chi connectivity index (χ2n) is 13.4. The van der Waals surface area contributed by atoms with E-state index in [1.165, 1.54) is 0 Å². The molecule has 57 heavy (non-hydrogen) atoms. The number of benzene rings is 4. The molecule has 3 aromatic heterocycles. The molecule has 7 aromatic rings. The Hall–Kier alpha value is -5.80. The number of aromatic amines is 2. The molecule has 0 amide bonds. The number of aromatic nitrogens is 4. The minimum absolute atomic E-state index is 0. The van der Waals surface area contributed by atoms with E-state index in [1.54, 1.807) is 28.4 Å². The molecule has 5 heterocycles. The molecule has 2 aliphatic rings. The summed E-state index contributed by atoms with van der Waals surface area (Å²) in [5.41, 5.74) is 14.8. The summed E-state index contributed by atoms with van der Waals surface area (Å²) in [6.07, 6.45) is 8.37. The van der Waals surface area contributed by atoms with Crippen LogP contribution in [0.3, 0.4) is 0 Å². The zero-order valence-corrected chi connectivity index (χ0v) is 33.4. The Bertz CT molecular complexity index is 2440. The van der Waals surface area contributed by atoms with Crippen molar-refractivity contribution in [3.8, 4) is 67.5 Å². The number of ether oxygens (including phenoxy) is 4. The fourth-order valence-corrected chi connectivity index (χ4v) is 7.45. The number of hydrogen-bond donors (Lipinski definition) is 2. The molecule has 2 aliphatic heterocycles. The fourth-order valence-electron chi connectivity index (χ4n) is 7.45. The third-order valence-electron chi connectivity index (χ3n) is 10.3. The van der Waals surface area contributed by atoms with Crippen LogP contribution < -0.4 is 18.9 Å². The molecule has 0 saturated carbocycles. The summed E-state index contributed by atoms with van der Waals surface area (Å²) in [6, 6.07) is 40.9.